The Morgan fingerprint density at radius 1 is 1.15 bits per heavy atom. The molecule has 5 nitrogen and oxygen atoms in total. The van der Waals surface area contributed by atoms with Crippen LogP contribution in [-0.4, -0.2) is 30.4 Å². The molecule has 1 aliphatic rings. The molecule has 2 N–H and O–H groups in total. The summed E-state index contributed by atoms with van der Waals surface area (Å²) in [5.41, 5.74) is 5.43. The van der Waals surface area contributed by atoms with E-state index >= 15 is 0 Å². The van der Waals surface area contributed by atoms with E-state index < -0.39 is 6.03 Å². The zero-order valence-corrected chi connectivity index (χ0v) is 15.5. The first-order chi connectivity index (χ1) is 12.4. The highest BCUT2D eigenvalue weighted by Crippen LogP contribution is 2.34. The van der Waals surface area contributed by atoms with Gasteiger partial charge in [0, 0.05) is 11.7 Å². The number of benzene rings is 2. The fraction of sp³-hybridized carbons (Fsp3) is 0.333. The van der Waals surface area contributed by atoms with Crippen molar-refractivity contribution in [2.75, 3.05) is 18.9 Å². The highest BCUT2D eigenvalue weighted by Gasteiger charge is 2.26. The van der Waals surface area contributed by atoms with Gasteiger partial charge in [0.25, 0.3) is 0 Å². The molecule has 0 spiro atoms. The molecule has 0 saturated carbocycles. The fourth-order valence-electron chi connectivity index (χ4n) is 3.60. The average molecular weight is 351 g/mol. The zero-order valence-electron chi connectivity index (χ0n) is 15.5. The number of nitrogens with one attached hydrogen (secondary N) is 2. The van der Waals surface area contributed by atoms with Crippen LogP contribution in [0.25, 0.3) is 0 Å². The number of likely N-dealkylation sites (N-methyl/N-ethyl adjacent to an activating group) is 1. The smallest absolute Gasteiger partial charge is 0.307 e. The Labute approximate surface area is 154 Å². The van der Waals surface area contributed by atoms with E-state index in [4.69, 9.17) is 0 Å². The van der Waals surface area contributed by atoms with Crippen molar-refractivity contribution in [1.29, 1.82) is 0 Å². The fourth-order valence-corrected chi connectivity index (χ4v) is 3.60. The molecule has 1 atom stereocenters. The minimum absolute atomic E-state index is 0.180. The van der Waals surface area contributed by atoms with Gasteiger partial charge in [0.2, 0.25) is 5.91 Å². The van der Waals surface area contributed by atoms with Crippen LogP contribution in [0.1, 0.15) is 34.7 Å². The maximum Gasteiger partial charge on any atom is 0.325 e. The molecule has 3 amide bonds. The molecule has 0 fully saturated rings. The van der Waals surface area contributed by atoms with Crippen molar-refractivity contribution >= 4 is 17.6 Å². The summed E-state index contributed by atoms with van der Waals surface area (Å²) in [5.74, 6) is -0.306. The lowest BCUT2D eigenvalue weighted by atomic mass is 10.1. The van der Waals surface area contributed by atoms with E-state index in [9.17, 15) is 9.59 Å². The molecule has 0 aromatic heterocycles. The monoisotopic (exact) mass is 351 g/mol. The van der Waals surface area contributed by atoms with Crippen molar-refractivity contribution in [1.82, 2.24) is 10.2 Å². The first-order valence-corrected chi connectivity index (χ1v) is 8.90. The maximum absolute atomic E-state index is 12.2. The molecule has 1 aliphatic carbocycles. The van der Waals surface area contributed by atoms with Crippen LogP contribution in [0.3, 0.4) is 0 Å². The van der Waals surface area contributed by atoms with E-state index in [-0.39, 0.29) is 18.5 Å². The third-order valence-corrected chi connectivity index (χ3v) is 4.91. The van der Waals surface area contributed by atoms with Crippen LogP contribution in [0.4, 0.5) is 10.5 Å². The Hall–Kier alpha value is -2.66. The minimum Gasteiger partial charge on any atom is -0.307 e. The van der Waals surface area contributed by atoms with Gasteiger partial charge in [-0.2, -0.15) is 0 Å². The Balaban J connectivity index is 1.54. The number of carbonyl (C=O) groups is 2. The quantitative estimate of drug-likeness (QED) is 0.885. The second-order valence-electron chi connectivity index (χ2n) is 6.99. The standard InChI is InChI=1S/C21H25N3O2/c1-14-8-10-18(15(2)12-14)22-21(26)23-20(25)13-24(3)19-11-9-16-6-4-5-7-17(16)19/h4-8,10,12,19H,9,11,13H2,1-3H3,(H2,22,23,25,26). The van der Waals surface area contributed by atoms with Gasteiger partial charge < -0.3 is 5.32 Å². The van der Waals surface area contributed by atoms with Crippen LogP contribution in [0.5, 0.6) is 0 Å². The minimum atomic E-state index is -0.498. The molecule has 0 radical (unpaired) electrons. The topological polar surface area (TPSA) is 61.4 Å². The van der Waals surface area contributed by atoms with E-state index in [1.807, 2.05) is 56.1 Å². The summed E-state index contributed by atoms with van der Waals surface area (Å²) in [5, 5.41) is 5.16. The molecule has 2 aromatic rings. The molecule has 0 bridgehead atoms. The number of nitrogens with zero attached hydrogens (tertiary/aromatic N) is 1. The summed E-state index contributed by atoms with van der Waals surface area (Å²) in [4.78, 5) is 26.4. The average Bonchev–Trinajstić information content (AvgIpc) is 3.01. The van der Waals surface area contributed by atoms with Gasteiger partial charge in [-0.1, -0.05) is 42.0 Å². The number of hydrogen-bond acceptors (Lipinski definition) is 3. The van der Waals surface area contributed by atoms with Gasteiger partial charge in [0.05, 0.1) is 6.54 Å². The number of rotatable bonds is 4. The molecule has 5 heteroatoms. The number of aryl methyl sites for hydroxylation is 3. The Kier molecular flexibility index (Phi) is 5.38. The number of hydrogen-bond donors (Lipinski definition) is 2. The van der Waals surface area contributed by atoms with Crippen molar-refractivity contribution < 1.29 is 9.59 Å². The lowest BCUT2D eigenvalue weighted by Crippen LogP contribution is -2.41. The first-order valence-electron chi connectivity index (χ1n) is 8.90. The lowest BCUT2D eigenvalue weighted by Gasteiger charge is -2.24. The maximum atomic E-state index is 12.2. The van der Waals surface area contributed by atoms with Crippen molar-refractivity contribution in [3.05, 3.63) is 64.7 Å². The summed E-state index contributed by atoms with van der Waals surface area (Å²) in [6.45, 7) is 4.10. The second kappa shape index (κ2) is 7.70. The molecule has 136 valence electrons. The van der Waals surface area contributed by atoms with Crippen LogP contribution in [0.2, 0.25) is 0 Å². The molecule has 0 saturated heterocycles. The molecule has 26 heavy (non-hydrogen) atoms. The van der Waals surface area contributed by atoms with Gasteiger partial charge in [-0.05, 0) is 56.5 Å². The predicted molar refractivity (Wildman–Crippen MR) is 103 cm³/mol. The summed E-state index contributed by atoms with van der Waals surface area (Å²) >= 11 is 0. The molecule has 3 rings (SSSR count). The lowest BCUT2D eigenvalue weighted by molar-refractivity contribution is -0.121. The molecular formula is C21H25N3O2. The van der Waals surface area contributed by atoms with Gasteiger partial charge in [-0.25, -0.2) is 4.79 Å². The highest BCUT2D eigenvalue weighted by molar-refractivity contribution is 6.02. The summed E-state index contributed by atoms with van der Waals surface area (Å²) in [6.07, 6.45) is 2.03. The van der Waals surface area contributed by atoms with Crippen LogP contribution in [0.15, 0.2) is 42.5 Å². The van der Waals surface area contributed by atoms with Crippen molar-refractivity contribution in [2.45, 2.75) is 32.7 Å². The van der Waals surface area contributed by atoms with Crippen LogP contribution in [0, 0.1) is 13.8 Å². The van der Waals surface area contributed by atoms with Crippen molar-refractivity contribution in [3.63, 3.8) is 0 Å². The van der Waals surface area contributed by atoms with Crippen LogP contribution < -0.4 is 10.6 Å². The summed E-state index contributed by atoms with van der Waals surface area (Å²) in [6, 6.07) is 13.8. The largest absolute Gasteiger partial charge is 0.325 e. The van der Waals surface area contributed by atoms with E-state index in [1.165, 1.54) is 11.1 Å². The van der Waals surface area contributed by atoms with E-state index in [0.717, 1.165) is 24.0 Å². The zero-order chi connectivity index (χ0) is 18.7. The van der Waals surface area contributed by atoms with E-state index in [1.54, 1.807) is 0 Å². The molecule has 0 heterocycles. The number of imide groups is 1. The Morgan fingerprint density at radius 2 is 1.92 bits per heavy atom. The van der Waals surface area contributed by atoms with Gasteiger partial charge >= 0.3 is 6.03 Å². The predicted octanol–water partition coefficient (Wildman–Crippen LogP) is 3.57. The highest BCUT2D eigenvalue weighted by atomic mass is 16.2. The SMILES string of the molecule is Cc1ccc(NC(=O)NC(=O)CN(C)C2CCc3ccccc32)c(C)c1. The first kappa shape index (κ1) is 18.1. The summed E-state index contributed by atoms with van der Waals surface area (Å²) in [7, 11) is 1.92. The van der Waals surface area contributed by atoms with Gasteiger partial charge in [0.15, 0.2) is 0 Å². The third kappa shape index (κ3) is 4.11. The van der Waals surface area contributed by atoms with Crippen LogP contribution >= 0.6 is 0 Å². The Bertz CT molecular complexity index is 832. The second-order valence-corrected chi connectivity index (χ2v) is 6.99. The van der Waals surface area contributed by atoms with Gasteiger partial charge in [0.1, 0.15) is 0 Å². The number of anilines is 1. The number of urea groups is 1. The number of fused-ring (bicyclic) bond motifs is 1. The molecular weight excluding hydrogens is 326 g/mol. The van der Waals surface area contributed by atoms with Crippen LogP contribution in [-0.2, 0) is 11.2 Å². The van der Waals surface area contributed by atoms with Crippen molar-refractivity contribution in [3.8, 4) is 0 Å². The molecule has 1 unspecified atom stereocenters. The van der Waals surface area contributed by atoms with Gasteiger partial charge in [-0.15, -0.1) is 0 Å². The number of amides is 3. The molecule has 2 aromatic carbocycles. The molecule has 0 aliphatic heterocycles. The van der Waals surface area contributed by atoms with E-state index in [0.29, 0.717) is 5.69 Å². The number of carbonyl (C=O) groups excluding carboxylic acids is 2. The normalized spacial score (nSPS) is 15.6. The Morgan fingerprint density at radius 3 is 2.69 bits per heavy atom. The van der Waals surface area contributed by atoms with E-state index in [2.05, 4.69) is 22.8 Å². The third-order valence-electron chi connectivity index (χ3n) is 4.91. The van der Waals surface area contributed by atoms with Crippen molar-refractivity contribution in [2.24, 2.45) is 0 Å². The summed E-state index contributed by atoms with van der Waals surface area (Å²) < 4.78 is 0. The van der Waals surface area contributed by atoms with Gasteiger partial charge in [-0.3, -0.25) is 15.0 Å².